The van der Waals surface area contributed by atoms with Crippen LogP contribution < -0.4 is 5.32 Å². The maximum Gasteiger partial charge on any atom is 0.373 e. The SMILES string of the molecule is COC(=O)c1ccc(CN2CCNCC2C(=O)N(C)C)o1. The Hall–Kier alpha value is -1.86. The van der Waals surface area contributed by atoms with Crippen molar-refractivity contribution in [1.29, 1.82) is 0 Å². The molecule has 1 aliphatic heterocycles. The highest BCUT2D eigenvalue weighted by molar-refractivity contribution is 5.86. The predicted octanol–water partition coefficient (Wildman–Crippen LogP) is -0.0718. The van der Waals surface area contributed by atoms with Crippen LogP contribution in [0.25, 0.3) is 0 Å². The van der Waals surface area contributed by atoms with E-state index in [-0.39, 0.29) is 17.7 Å². The van der Waals surface area contributed by atoms with Gasteiger partial charge in [0.15, 0.2) is 0 Å². The topological polar surface area (TPSA) is 75.0 Å². The van der Waals surface area contributed by atoms with Crippen molar-refractivity contribution in [3.05, 3.63) is 23.7 Å². The molecular formula is C14H21N3O4. The Labute approximate surface area is 123 Å². The van der Waals surface area contributed by atoms with Crippen LogP contribution in [0, 0.1) is 0 Å². The van der Waals surface area contributed by atoms with E-state index in [9.17, 15) is 9.59 Å². The number of piperazine rings is 1. The summed E-state index contributed by atoms with van der Waals surface area (Å²) in [4.78, 5) is 27.2. The molecule has 1 saturated heterocycles. The maximum atomic E-state index is 12.2. The average molecular weight is 295 g/mol. The minimum atomic E-state index is -0.498. The van der Waals surface area contributed by atoms with Crippen LogP contribution in [0.1, 0.15) is 16.3 Å². The molecule has 1 amide bonds. The molecule has 2 heterocycles. The first-order valence-corrected chi connectivity index (χ1v) is 6.86. The van der Waals surface area contributed by atoms with E-state index in [1.165, 1.54) is 7.11 Å². The van der Waals surface area contributed by atoms with Crippen molar-refractivity contribution >= 4 is 11.9 Å². The van der Waals surface area contributed by atoms with Crippen LogP contribution in [0.4, 0.5) is 0 Å². The molecule has 0 spiro atoms. The number of furan rings is 1. The first kappa shape index (κ1) is 15.5. The molecular weight excluding hydrogens is 274 g/mol. The summed E-state index contributed by atoms with van der Waals surface area (Å²) in [5.41, 5.74) is 0. The second-order valence-electron chi connectivity index (χ2n) is 5.18. The first-order valence-electron chi connectivity index (χ1n) is 6.86. The van der Waals surface area contributed by atoms with Gasteiger partial charge in [0.1, 0.15) is 11.8 Å². The number of rotatable bonds is 4. The van der Waals surface area contributed by atoms with E-state index >= 15 is 0 Å². The summed E-state index contributed by atoms with van der Waals surface area (Å²) in [7, 11) is 4.81. The molecule has 1 aromatic rings. The van der Waals surface area contributed by atoms with E-state index in [1.807, 2.05) is 0 Å². The third-order valence-electron chi connectivity index (χ3n) is 3.49. The molecule has 1 N–H and O–H groups in total. The maximum absolute atomic E-state index is 12.2. The van der Waals surface area contributed by atoms with Crippen molar-refractivity contribution in [2.24, 2.45) is 0 Å². The number of nitrogens with zero attached hydrogens (tertiary/aromatic N) is 2. The molecule has 7 heteroatoms. The van der Waals surface area contributed by atoms with Gasteiger partial charge in [0.2, 0.25) is 11.7 Å². The number of ether oxygens (including phenoxy) is 1. The number of likely N-dealkylation sites (N-methyl/N-ethyl adjacent to an activating group) is 1. The van der Waals surface area contributed by atoms with E-state index in [4.69, 9.17) is 4.42 Å². The minimum Gasteiger partial charge on any atom is -0.463 e. The van der Waals surface area contributed by atoms with Crippen LogP contribution in [-0.4, -0.2) is 68.6 Å². The average Bonchev–Trinajstić information content (AvgIpc) is 2.94. The molecule has 0 radical (unpaired) electrons. The van der Waals surface area contributed by atoms with Gasteiger partial charge in [-0.25, -0.2) is 4.79 Å². The third-order valence-corrected chi connectivity index (χ3v) is 3.49. The zero-order chi connectivity index (χ0) is 15.4. The fraction of sp³-hybridized carbons (Fsp3) is 0.571. The summed E-state index contributed by atoms with van der Waals surface area (Å²) in [6.45, 7) is 2.67. The Morgan fingerprint density at radius 3 is 2.90 bits per heavy atom. The lowest BCUT2D eigenvalue weighted by Crippen LogP contribution is -2.57. The molecule has 7 nitrogen and oxygen atoms in total. The summed E-state index contributed by atoms with van der Waals surface area (Å²) < 4.78 is 10.1. The van der Waals surface area contributed by atoms with Crippen LogP contribution in [0.15, 0.2) is 16.5 Å². The van der Waals surface area contributed by atoms with Gasteiger partial charge >= 0.3 is 5.97 Å². The number of hydrogen-bond donors (Lipinski definition) is 1. The van der Waals surface area contributed by atoms with Crippen molar-refractivity contribution in [2.45, 2.75) is 12.6 Å². The van der Waals surface area contributed by atoms with E-state index in [0.29, 0.717) is 18.8 Å². The zero-order valence-corrected chi connectivity index (χ0v) is 12.6. The van der Waals surface area contributed by atoms with Crippen molar-refractivity contribution < 1.29 is 18.7 Å². The smallest absolute Gasteiger partial charge is 0.373 e. The summed E-state index contributed by atoms with van der Waals surface area (Å²) in [6, 6.07) is 3.11. The van der Waals surface area contributed by atoms with Gasteiger partial charge in [0, 0.05) is 33.7 Å². The highest BCUT2D eigenvalue weighted by Gasteiger charge is 2.30. The normalized spacial score (nSPS) is 19.3. The van der Waals surface area contributed by atoms with Crippen LogP contribution in [0.5, 0.6) is 0 Å². The Balaban J connectivity index is 2.07. The van der Waals surface area contributed by atoms with Gasteiger partial charge in [-0.1, -0.05) is 0 Å². The molecule has 1 aliphatic rings. The Kier molecular flexibility index (Phi) is 4.98. The Morgan fingerprint density at radius 2 is 2.24 bits per heavy atom. The molecule has 0 bridgehead atoms. The van der Waals surface area contributed by atoms with Crippen LogP contribution in [-0.2, 0) is 16.1 Å². The Morgan fingerprint density at radius 1 is 1.48 bits per heavy atom. The Bertz CT molecular complexity index is 512. The van der Waals surface area contributed by atoms with E-state index < -0.39 is 5.97 Å². The molecule has 0 saturated carbocycles. The van der Waals surface area contributed by atoms with E-state index in [2.05, 4.69) is 15.0 Å². The van der Waals surface area contributed by atoms with E-state index in [1.54, 1.807) is 31.1 Å². The van der Waals surface area contributed by atoms with E-state index in [0.717, 1.165) is 13.1 Å². The second-order valence-corrected chi connectivity index (χ2v) is 5.18. The molecule has 1 atom stereocenters. The molecule has 1 aromatic heterocycles. The molecule has 21 heavy (non-hydrogen) atoms. The number of hydrogen-bond acceptors (Lipinski definition) is 6. The van der Waals surface area contributed by atoms with Gasteiger partial charge in [-0.15, -0.1) is 0 Å². The molecule has 116 valence electrons. The second kappa shape index (κ2) is 6.73. The van der Waals surface area contributed by atoms with Crippen LogP contribution in [0.3, 0.4) is 0 Å². The number of esters is 1. The quantitative estimate of drug-likeness (QED) is 0.784. The number of amides is 1. The van der Waals surface area contributed by atoms with Crippen molar-refractivity contribution in [3.63, 3.8) is 0 Å². The van der Waals surface area contributed by atoms with Gasteiger partial charge in [0.05, 0.1) is 13.7 Å². The van der Waals surface area contributed by atoms with Crippen molar-refractivity contribution in [2.75, 3.05) is 40.8 Å². The fourth-order valence-electron chi connectivity index (χ4n) is 2.35. The standard InChI is InChI=1S/C14H21N3O4/c1-16(2)13(18)11-8-15-6-7-17(11)9-10-4-5-12(21-10)14(19)20-3/h4-5,11,15H,6-9H2,1-3H3. The number of nitrogens with one attached hydrogen (secondary N) is 1. The van der Waals surface area contributed by atoms with Gasteiger partial charge < -0.3 is 19.4 Å². The lowest BCUT2D eigenvalue weighted by atomic mass is 10.1. The lowest BCUT2D eigenvalue weighted by Gasteiger charge is -2.35. The fourth-order valence-corrected chi connectivity index (χ4v) is 2.35. The van der Waals surface area contributed by atoms with Crippen LogP contribution >= 0.6 is 0 Å². The first-order chi connectivity index (χ1) is 10.0. The predicted molar refractivity (Wildman–Crippen MR) is 75.8 cm³/mol. The lowest BCUT2D eigenvalue weighted by molar-refractivity contribution is -0.135. The molecule has 1 fully saturated rings. The monoisotopic (exact) mass is 295 g/mol. The summed E-state index contributed by atoms with van der Waals surface area (Å²) in [5.74, 6) is 0.386. The molecule has 1 unspecified atom stereocenters. The largest absolute Gasteiger partial charge is 0.463 e. The number of carbonyl (C=O) groups excluding carboxylic acids is 2. The van der Waals surface area contributed by atoms with Crippen molar-refractivity contribution in [3.8, 4) is 0 Å². The van der Waals surface area contributed by atoms with Crippen LogP contribution in [0.2, 0.25) is 0 Å². The third kappa shape index (κ3) is 3.62. The van der Waals surface area contributed by atoms with Gasteiger partial charge in [0.25, 0.3) is 0 Å². The van der Waals surface area contributed by atoms with Gasteiger partial charge in [-0.3, -0.25) is 9.69 Å². The highest BCUT2D eigenvalue weighted by Crippen LogP contribution is 2.15. The number of carbonyl (C=O) groups is 2. The minimum absolute atomic E-state index is 0.0574. The molecule has 0 aliphatic carbocycles. The molecule has 2 rings (SSSR count). The summed E-state index contributed by atoms with van der Waals surface area (Å²) >= 11 is 0. The summed E-state index contributed by atoms with van der Waals surface area (Å²) in [5, 5.41) is 3.23. The van der Waals surface area contributed by atoms with Gasteiger partial charge in [-0.2, -0.15) is 0 Å². The highest BCUT2D eigenvalue weighted by atomic mass is 16.5. The van der Waals surface area contributed by atoms with Crippen molar-refractivity contribution in [1.82, 2.24) is 15.1 Å². The number of methoxy groups -OCH3 is 1. The molecule has 0 aromatic carbocycles. The zero-order valence-electron chi connectivity index (χ0n) is 12.6. The van der Waals surface area contributed by atoms with Gasteiger partial charge in [-0.05, 0) is 12.1 Å². The summed E-state index contributed by atoms with van der Waals surface area (Å²) in [6.07, 6.45) is 0.